The summed E-state index contributed by atoms with van der Waals surface area (Å²) in [5.41, 5.74) is 8.86. The van der Waals surface area contributed by atoms with Gasteiger partial charge < -0.3 is 10.2 Å². The first kappa shape index (κ1) is 16.0. The highest BCUT2D eigenvalue weighted by atomic mass is 32.1. The average molecular weight is 317 g/mol. The molecule has 0 unspecified atom stereocenters. The van der Waals surface area contributed by atoms with Gasteiger partial charge in [0.1, 0.15) is 4.88 Å². The molecular weight excluding hydrogens is 298 g/mol. The van der Waals surface area contributed by atoms with Gasteiger partial charge in [0.25, 0.3) is 0 Å². The van der Waals surface area contributed by atoms with E-state index in [9.17, 15) is 4.79 Å². The summed E-state index contributed by atoms with van der Waals surface area (Å²) >= 11 is 1.27. The summed E-state index contributed by atoms with van der Waals surface area (Å²) in [6, 6.07) is 10.1. The van der Waals surface area contributed by atoms with Crippen molar-refractivity contribution in [1.29, 1.82) is 0 Å². The predicted octanol–water partition coefficient (Wildman–Crippen LogP) is 3.61. The normalized spacial score (nSPS) is 11.1. The smallest absolute Gasteiger partial charge is 0.350 e. The highest BCUT2D eigenvalue weighted by Gasteiger charge is 2.15. The molecule has 1 heterocycles. The van der Waals surface area contributed by atoms with Gasteiger partial charge in [-0.05, 0) is 31.9 Å². The van der Waals surface area contributed by atoms with Crippen LogP contribution in [0.4, 0.5) is 5.13 Å². The van der Waals surface area contributed by atoms with E-state index in [1.807, 2.05) is 43.5 Å². The number of aryl methyl sites for hydroxylation is 1. The molecule has 6 heteroatoms. The van der Waals surface area contributed by atoms with E-state index in [1.54, 1.807) is 13.8 Å². The Hall–Kier alpha value is -2.34. The number of esters is 1. The van der Waals surface area contributed by atoms with Gasteiger partial charge in [0.15, 0.2) is 0 Å². The molecule has 1 aromatic heterocycles. The first-order valence-corrected chi connectivity index (χ1v) is 7.81. The van der Waals surface area contributed by atoms with Crippen LogP contribution in [-0.4, -0.2) is 17.6 Å². The van der Waals surface area contributed by atoms with E-state index in [0.29, 0.717) is 22.3 Å². The van der Waals surface area contributed by atoms with Gasteiger partial charge in [0, 0.05) is 6.20 Å². The summed E-state index contributed by atoms with van der Waals surface area (Å²) in [6.45, 7) is 5.95. The van der Waals surface area contributed by atoms with Gasteiger partial charge in [-0.15, -0.1) is 0 Å². The van der Waals surface area contributed by atoms with Crippen LogP contribution in [0.25, 0.3) is 5.57 Å². The van der Waals surface area contributed by atoms with Gasteiger partial charge in [-0.1, -0.05) is 41.7 Å². The first-order chi connectivity index (χ1) is 10.6. The fourth-order valence-electron chi connectivity index (χ4n) is 1.83. The summed E-state index contributed by atoms with van der Waals surface area (Å²) in [5.74, 6) is -0.332. The van der Waals surface area contributed by atoms with E-state index in [4.69, 9.17) is 4.74 Å². The Labute approximate surface area is 134 Å². The highest BCUT2D eigenvalue weighted by molar-refractivity contribution is 7.17. The standard InChI is InChI=1S/C16H19N3O2S/c1-4-21-15(20)14-12(3)18-16(22-14)19-17-10-11(2)13-8-6-5-7-9-13/h5-10,17H,4H2,1-3H3,(H,18,19)/b11-10+. The SMILES string of the molecule is CCOC(=O)c1sc(NN/C=C(\C)c2ccccc2)nc1C. The number of ether oxygens (including phenoxy) is 1. The van der Waals surface area contributed by atoms with E-state index in [2.05, 4.69) is 15.8 Å². The zero-order valence-electron chi connectivity index (χ0n) is 12.8. The van der Waals surface area contributed by atoms with Crippen molar-refractivity contribution in [2.24, 2.45) is 0 Å². The largest absolute Gasteiger partial charge is 0.462 e. The molecule has 22 heavy (non-hydrogen) atoms. The maximum absolute atomic E-state index is 11.7. The fourth-order valence-corrected chi connectivity index (χ4v) is 2.65. The van der Waals surface area contributed by atoms with Crippen molar-refractivity contribution in [2.75, 3.05) is 12.0 Å². The summed E-state index contributed by atoms with van der Waals surface area (Å²) in [6.07, 6.45) is 1.86. The molecule has 2 N–H and O–H groups in total. The van der Waals surface area contributed by atoms with Crippen molar-refractivity contribution >= 4 is 28.0 Å². The molecule has 0 fully saturated rings. The van der Waals surface area contributed by atoms with Crippen LogP contribution in [0.3, 0.4) is 0 Å². The van der Waals surface area contributed by atoms with E-state index >= 15 is 0 Å². The van der Waals surface area contributed by atoms with E-state index in [-0.39, 0.29) is 5.97 Å². The molecule has 0 atom stereocenters. The number of carbonyl (C=O) groups is 1. The third kappa shape index (κ3) is 4.08. The Balaban J connectivity index is 1.98. The lowest BCUT2D eigenvalue weighted by Crippen LogP contribution is -2.14. The Morgan fingerprint density at radius 3 is 2.77 bits per heavy atom. The molecule has 0 aliphatic rings. The number of nitrogens with one attached hydrogen (secondary N) is 2. The van der Waals surface area contributed by atoms with E-state index < -0.39 is 0 Å². The molecule has 0 bridgehead atoms. The van der Waals surface area contributed by atoms with Crippen LogP contribution in [0.15, 0.2) is 36.5 Å². The number of hydrogen-bond acceptors (Lipinski definition) is 6. The number of thiazole rings is 1. The average Bonchev–Trinajstić information content (AvgIpc) is 2.89. The first-order valence-electron chi connectivity index (χ1n) is 7.00. The van der Waals surface area contributed by atoms with Crippen LogP contribution >= 0.6 is 11.3 Å². The minimum atomic E-state index is -0.332. The van der Waals surface area contributed by atoms with E-state index in [0.717, 1.165) is 11.1 Å². The molecule has 0 saturated carbocycles. The van der Waals surface area contributed by atoms with Crippen molar-refractivity contribution in [1.82, 2.24) is 10.4 Å². The van der Waals surface area contributed by atoms with Crippen molar-refractivity contribution in [3.8, 4) is 0 Å². The number of aromatic nitrogens is 1. The molecule has 1 aromatic carbocycles. The molecule has 0 amide bonds. The summed E-state index contributed by atoms with van der Waals surface area (Å²) in [4.78, 5) is 16.6. The van der Waals surface area contributed by atoms with Crippen LogP contribution in [0, 0.1) is 6.92 Å². The quantitative estimate of drug-likeness (QED) is 0.629. The second-order valence-electron chi connectivity index (χ2n) is 4.62. The number of carbonyl (C=O) groups excluding carboxylic acids is 1. The topological polar surface area (TPSA) is 63.2 Å². The van der Waals surface area contributed by atoms with Crippen molar-refractivity contribution in [3.05, 3.63) is 52.7 Å². The van der Waals surface area contributed by atoms with Crippen LogP contribution in [-0.2, 0) is 4.74 Å². The second-order valence-corrected chi connectivity index (χ2v) is 5.62. The van der Waals surface area contributed by atoms with Gasteiger partial charge >= 0.3 is 5.97 Å². The number of allylic oxidation sites excluding steroid dienone is 1. The third-order valence-corrected chi connectivity index (χ3v) is 4.01. The maximum Gasteiger partial charge on any atom is 0.350 e. The lowest BCUT2D eigenvalue weighted by Gasteiger charge is -2.04. The van der Waals surface area contributed by atoms with Gasteiger partial charge in [-0.3, -0.25) is 5.43 Å². The Kier molecular flexibility index (Phi) is 5.55. The van der Waals surface area contributed by atoms with E-state index in [1.165, 1.54) is 11.3 Å². The van der Waals surface area contributed by atoms with Gasteiger partial charge in [-0.25, -0.2) is 9.78 Å². The lowest BCUT2D eigenvalue weighted by atomic mass is 10.1. The highest BCUT2D eigenvalue weighted by Crippen LogP contribution is 2.22. The molecule has 116 valence electrons. The molecule has 0 aliphatic heterocycles. The van der Waals surface area contributed by atoms with Crippen molar-refractivity contribution in [3.63, 3.8) is 0 Å². The lowest BCUT2D eigenvalue weighted by molar-refractivity contribution is 0.0531. The number of rotatable bonds is 6. The van der Waals surface area contributed by atoms with Crippen LogP contribution in [0.2, 0.25) is 0 Å². The Morgan fingerprint density at radius 1 is 1.36 bits per heavy atom. The molecule has 0 aliphatic carbocycles. The van der Waals surface area contributed by atoms with Gasteiger partial charge in [0.2, 0.25) is 5.13 Å². The maximum atomic E-state index is 11.7. The molecular formula is C16H19N3O2S. The van der Waals surface area contributed by atoms with Crippen LogP contribution < -0.4 is 10.9 Å². The molecule has 2 aromatic rings. The zero-order valence-corrected chi connectivity index (χ0v) is 13.7. The molecule has 0 radical (unpaired) electrons. The zero-order chi connectivity index (χ0) is 15.9. The predicted molar refractivity (Wildman–Crippen MR) is 89.7 cm³/mol. The number of benzene rings is 1. The van der Waals surface area contributed by atoms with Crippen LogP contribution in [0.1, 0.15) is 34.8 Å². The number of hydrogen-bond donors (Lipinski definition) is 2. The number of hydrazine groups is 1. The van der Waals surface area contributed by atoms with Gasteiger partial charge in [-0.2, -0.15) is 0 Å². The molecule has 5 nitrogen and oxygen atoms in total. The third-order valence-electron chi connectivity index (χ3n) is 2.95. The summed E-state index contributed by atoms with van der Waals surface area (Å²) in [7, 11) is 0. The molecule has 0 saturated heterocycles. The van der Waals surface area contributed by atoms with Crippen LogP contribution in [0.5, 0.6) is 0 Å². The number of nitrogens with zero attached hydrogens (tertiary/aromatic N) is 1. The summed E-state index contributed by atoms with van der Waals surface area (Å²) in [5, 5.41) is 0.623. The summed E-state index contributed by atoms with van der Waals surface area (Å²) < 4.78 is 4.99. The number of anilines is 1. The van der Waals surface area contributed by atoms with Crippen molar-refractivity contribution < 1.29 is 9.53 Å². The minimum absolute atomic E-state index is 0.332. The second kappa shape index (κ2) is 7.61. The fraction of sp³-hybridized carbons (Fsp3) is 0.250. The molecule has 2 rings (SSSR count). The van der Waals surface area contributed by atoms with Crippen molar-refractivity contribution in [2.45, 2.75) is 20.8 Å². The Bertz CT molecular complexity index is 665. The monoisotopic (exact) mass is 317 g/mol. The van der Waals surface area contributed by atoms with Gasteiger partial charge in [0.05, 0.1) is 12.3 Å². The minimum Gasteiger partial charge on any atom is -0.462 e. The Morgan fingerprint density at radius 2 is 2.09 bits per heavy atom. The molecule has 0 spiro atoms.